The van der Waals surface area contributed by atoms with Gasteiger partial charge in [0.1, 0.15) is 0 Å². The van der Waals surface area contributed by atoms with Gasteiger partial charge in [0.2, 0.25) is 0 Å². The summed E-state index contributed by atoms with van der Waals surface area (Å²) in [5.41, 5.74) is 6.41. The zero-order valence-corrected chi connectivity index (χ0v) is 12.9. The van der Waals surface area contributed by atoms with E-state index in [4.69, 9.17) is 0 Å². The zero-order valence-electron chi connectivity index (χ0n) is 12.9. The molecule has 0 saturated carbocycles. The van der Waals surface area contributed by atoms with Crippen molar-refractivity contribution >= 4 is 0 Å². The number of likely N-dealkylation sites (N-methyl/N-ethyl adjacent to an activating group) is 1. The number of aryl methyl sites for hydroxylation is 4. The molecule has 2 rings (SSSR count). The Morgan fingerprint density at radius 1 is 0.900 bits per heavy atom. The van der Waals surface area contributed by atoms with Gasteiger partial charge >= 0.3 is 0 Å². The predicted octanol–water partition coefficient (Wildman–Crippen LogP) is 2.53. The van der Waals surface area contributed by atoms with E-state index < -0.39 is 0 Å². The second-order valence-corrected chi connectivity index (χ2v) is 5.19. The van der Waals surface area contributed by atoms with Crippen molar-refractivity contribution < 1.29 is 0 Å². The average Bonchev–Trinajstić information content (AvgIpc) is 2.36. The van der Waals surface area contributed by atoms with Gasteiger partial charge in [0.15, 0.2) is 5.82 Å². The molecule has 0 bridgehead atoms. The second kappa shape index (κ2) is 6.09. The lowest BCUT2D eigenvalue weighted by Gasteiger charge is -2.11. The van der Waals surface area contributed by atoms with Crippen molar-refractivity contribution in [3.63, 3.8) is 0 Å². The Hall–Kier alpha value is -1.81. The number of hydrogen-bond donors (Lipinski definition) is 1. The number of nitrogens with zero attached hydrogens (tertiary/aromatic N) is 3. The Kier molecular flexibility index (Phi) is 4.45. The molecule has 4 heteroatoms. The molecular formula is C16H22N4. The van der Waals surface area contributed by atoms with Crippen LogP contribution in [0.3, 0.4) is 0 Å². The van der Waals surface area contributed by atoms with E-state index in [9.17, 15) is 0 Å². The molecule has 1 N–H and O–H groups in total. The van der Waals surface area contributed by atoms with Crippen molar-refractivity contribution in [3.8, 4) is 11.4 Å². The maximum Gasteiger partial charge on any atom is 0.159 e. The molecule has 0 aromatic carbocycles. The van der Waals surface area contributed by atoms with E-state index in [1.165, 1.54) is 5.56 Å². The minimum absolute atomic E-state index is 0.793. The van der Waals surface area contributed by atoms with Crippen LogP contribution < -0.4 is 5.32 Å². The van der Waals surface area contributed by atoms with Crippen LogP contribution in [0.15, 0.2) is 12.1 Å². The third kappa shape index (κ3) is 3.20. The molecular weight excluding hydrogens is 248 g/mol. The number of hydrogen-bond acceptors (Lipinski definition) is 4. The first kappa shape index (κ1) is 14.6. The van der Waals surface area contributed by atoms with E-state index in [2.05, 4.69) is 34.1 Å². The van der Waals surface area contributed by atoms with Crippen LogP contribution in [0.5, 0.6) is 0 Å². The Bertz CT molecular complexity index is 577. The van der Waals surface area contributed by atoms with Gasteiger partial charge in [0.05, 0.1) is 0 Å². The van der Waals surface area contributed by atoms with Crippen molar-refractivity contribution in [2.24, 2.45) is 0 Å². The van der Waals surface area contributed by atoms with Crippen molar-refractivity contribution in [2.45, 2.75) is 34.1 Å². The summed E-state index contributed by atoms with van der Waals surface area (Å²) < 4.78 is 0. The molecule has 0 aliphatic rings. The van der Waals surface area contributed by atoms with Crippen molar-refractivity contribution in [1.82, 2.24) is 20.3 Å². The van der Waals surface area contributed by atoms with Crippen LogP contribution in [-0.2, 0) is 6.42 Å². The fraction of sp³-hybridized carbons (Fsp3) is 0.438. The molecule has 4 nitrogen and oxygen atoms in total. The molecule has 0 fully saturated rings. The highest BCUT2D eigenvalue weighted by Gasteiger charge is 2.10. The minimum Gasteiger partial charge on any atom is -0.319 e. The van der Waals surface area contributed by atoms with Gasteiger partial charge in [0, 0.05) is 28.3 Å². The largest absolute Gasteiger partial charge is 0.319 e. The lowest BCUT2D eigenvalue weighted by atomic mass is 10.1. The highest BCUT2D eigenvalue weighted by Crippen LogP contribution is 2.20. The van der Waals surface area contributed by atoms with Gasteiger partial charge in [-0.05, 0) is 65.4 Å². The molecule has 0 spiro atoms. The summed E-state index contributed by atoms with van der Waals surface area (Å²) in [6.45, 7) is 9.06. The van der Waals surface area contributed by atoms with Gasteiger partial charge in [-0.3, -0.25) is 4.98 Å². The Balaban J connectivity index is 2.43. The smallest absolute Gasteiger partial charge is 0.159 e. The summed E-state index contributed by atoms with van der Waals surface area (Å²) in [6, 6.07) is 4.07. The molecule has 2 heterocycles. The Morgan fingerprint density at radius 2 is 1.45 bits per heavy atom. The molecule has 0 aliphatic carbocycles. The van der Waals surface area contributed by atoms with Crippen LogP contribution >= 0.6 is 0 Å². The van der Waals surface area contributed by atoms with Crippen molar-refractivity contribution in [1.29, 1.82) is 0 Å². The predicted molar refractivity (Wildman–Crippen MR) is 81.8 cm³/mol. The minimum atomic E-state index is 0.793. The molecule has 106 valence electrons. The molecule has 20 heavy (non-hydrogen) atoms. The summed E-state index contributed by atoms with van der Waals surface area (Å²) >= 11 is 0. The SMILES string of the molecule is CNCCc1c(C)nc(-c2cc(C)nc(C)c2)nc1C. The van der Waals surface area contributed by atoms with E-state index >= 15 is 0 Å². The van der Waals surface area contributed by atoms with Crippen LogP contribution in [-0.4, -0.2) is 28.5 Å². The maximum absolute atomic E-state index is 4.67. The standard InChI is InChI=1S/C16H22N4/c1-10-8-14(9-11(2)18-10)16-19-12(3)15(6-7-17-5)13(4)20-16/h8-9,17H,6-7H2,1-5H3. The number of pyridine rings is 1. The van der Waals surface area contributed by atoms with Crippen LogP contribution in [0.1, 0.15) is 28.3 Å². The third-order valence-electron chi connectivity index (χ3n) is 3.39. The fourth-order valence-corrected chi connectivity index (χ4v) is 2.44. The summed E-state index contributed by atoms with van der Waals surface area (Å²) in [5.74, 6) is 0.793. The Morgan fingerprint density at radius 3 is 1.95 bits per heavy atom. The molecule has 0 unspecified atom stereocenters. The van der Waals surface area contributed by atoms with E-state index in [0.29, 0.717) is 0 Å². The zero-order chi connectivity index (χ0) is 14.7. The van der Waals surface area contributed by atoms with E-state index in [1.54, 1.807) is 0 Å². The highest BCUT2D eigenvalue weighted by molar-refractivity contribution is 5.56. The monoisotopic (exact) mass is 270 g/mol. The van der Waals surface area contributed by atoms with Gasteiger partial charge in [-0.1, -0.05) is 0 Å². The molecule has 0 radical (unpaired) electrons. The first-order valence-corrected chi connectivity index (χ1v) is 6.95. The van der Waals surface area contributed by atoms with Crippen molar-refractivity contribution in [3.05, 3.63) is 40.5 Å². The lowest BCUT2D eigenvalue weighted by Crippen LogP contribution is -2.13. The highest BCUT2D eigenvalue weighted by atomic mass is 14.9. The molecule has 2 aromatic heterocycles. The molecule has 0 aliphatic heterocycles. The van der Waals surface area contributed by atoms with Crippen LogP contribution in [0.25, 0.3) is 11.4 Å². The molecule has 2 aromatic rings. The summed E-state index contributed by atoms with van der Waals surface area (Å²) in [5, 5.41) is 3.17. The van der Waals surface area contributed by atoms with Crippen LogP contribution in [0, 0.1) is 27.7 Å². The Labute approximate surface area is 120 Å². The van der Waals surface area contributed by atoms with Crippen LogP contribution in [0.2, 0.25) is 0 Å². The van der Waals surface area contributed by atoms with Crippen LogP contribution in [0.4, 0.5) is 0 Å². The van der Waals surface area contributed by atoms with Crippen molar-refractivity contribution in [2.75, 3.05) is 13.6 Å². The third-order valence-corrected chi connectivity index (χ3v) is 3.39. The summed E-state index contributed by atoms with van der Waals surface area (Å²) in [6.07, 6.45) is 0.961. The van der Waals surface area contributed by atoms with E-state index in [-0.39, 0.29) is 0 Å². The average molecular weight is 270 g/mol. The quantitative estimate of drug-likeness (QED) is 0.927. The number of nitrogens with one attached hydrogen (secondary N) is 1. The topological polar surface area (TPSA) is 50.7 Å². The molecule has 0 amide bonds. The summed E-state index contributed by atoms with van der Waals surface area (Å²) in [4.78, 5) is 13.7. The lowest BCUT2D eigenvalue weighted by molar-refractivity contribution is 0.774. The van der Waals surface area contributed by atoms with Gasteiger partial charge in [0.25, 0.3) is 0 Å². The second-order valence-electron chi connectivity index (χ2n) is 5.19. The summed E-state index contributed by atoms with van der Waals surface area (Å²) in [7, 11) is 1.96. The molecule has 0 atom stereocenters. The fourth-order valence-electron chi connectivity index (χ4n) is 2.44. The first-order chi connectivity index (χ1) is 9.51. The van der Waals surface area contributed by atoms with E-state index in [0.717, 1.165) is 47.1 Å². The van der Waals surface area contributed by atoms with Gasteiger partial charge < -0.3 is 5.32 Å². The maximum atomic E-state index is 4.67. The number of rotatable bonds is 4. The van der Waals surface area contributed by atoms with Gasteiger partial charge in [-0.2, -0.15) is 0 Å². The number of aromatic nitrogens is 3. The van der Waals surface area contributed by atoms with E-state index in [1.807, 2.05) is 33.0 Å². The first-order valence-electron chi connectivity index (χ1n) is 6.95. The van der Waals surface area contributed by atoms with Gasteiger partial charge in [-0.25, -0.2) is 9.97 Å². The van der Waals surface area contributed by atoms with Gasteiger partial charge in [-0.15, -0.1) is 0 Å². The normalized spacial score (nSPS) is 10.8. The molecule has 0 saturated heterocycles.